The molecule has 0 aliphatic carbocycles. The number of anilines is 1. The van der Waals surface area contributed by atoms with Gasteiger partial charge in [0.1, 0.15) is 23.2 Å². The fraction of sp³-hybridized carbons (Fsp3) is 0.0476. The first kappa shape index (κ1) is 17.2. The van der Waals surface area contributed by atoms with Gasteiger partial charge in [0.25, 0.3) is 5.91 Å². The molecule has 0 unspecified atom stereocenters. The number of benzene rings is 3. The van der Waals surface area contributed by atoms with Crippen LogP contribution in [0.15, 0.2) is 66.2 Å². The van der Waals surface area contributed by atoms with Crippen molar-refractivity contribution in [1.82, 2.24) is 0 Å². The van der Waals surface area contributed by atoms with E-state index in [-0.39, 0.29) is 5.57 Å². The predicted octanol–water partition coefficient (Wildman–Crippen LogP) is 4.53. The van der Waals surface area contributed by atoms with Crippen molar-refractivity contribution < 1.29 is 13.9 Å². The maximum Gasteiger partial charge on any atom is 0.266 e. The lowest BCUT2D eigenvalue weighted by atomic mass is 10.0. The van der Waals surface area contributed by atoms with Gasteiger partial charge in [-0.1, -0.05) is 30.3 Å². The van der Waals surface area contributed by atoms with Gasteiger partial charge >= 0.3 is 0 Å². The molecule has 0 atom stereocenters. The number of methoxy groups -OCH3 is 1. The van der Waals surface area contributed by atoms with Gasteiger partial charge in [0.05, 0.1) is 7.11 Å². The zero-order valence-electron chi connectivity index (χ0n) is 14.0. The van der Waals surface area contributed by atoms with Gasteiger partial charge in [-0.05, 0) is 47.2 Å². The minimum Gasteiger partial charge on any atom is -0.496 e. The van der Waals surface area contributed by atoms with Crippen molar-refractivity contribution in [3.05, 3.63) is 77.6 Å². The number of hydrogen-bond acceptors (Lipinski definition) is 3. The molecule has 0 saturated heterocycles. The number of carbonyl (C=O) groups is 1. The molecular weight excluding hydrogens is 331 g/mol. The van der Waals surface area contributed by atoms with Gasteiger partial charge in [-0.3, -0.25) is 4.79 Å². The summed E-state index contributed by atoms with van der Waals surface area (Å²) in [5, 5.41) is 13.9. The fourth-order valence-corrected chi connectivity index (χ4v) is 2.63. The first-order valence-electron chi connectivity index (χ1n) is 7.87. The van der Waals surface area contributed by atoms with Crippen LogP contribution in [-0.4, -0.2) is 13.0 Å². The minimum absolute atomic E-state index is 0.0796. The highest BCUT2D eigenvalue weighted by Crippen LogP contribution is 2.30. The Labute approximate surface area is 150 Å². The third kappa shape index (κ3) is 3.55. The van der Waals surface area contributed by atoms with Crippen LogP contribution in [0.25, 0.3) is 16.8 Å². The zero-order chi connectivity index (χ0) is 18.5. The van der Waals surface area contributed by atoms with Gasteiger partial charge in [0, 0.05) is 11.3 Å². The second-order valence-corrected chi connectivity index (χ2v) is 5.53. The van der Waals surface area contributed by atoms with E-state index >= 15 is 0 Å². The standard InChI is InChI=1S/C21H15FN2O2/c1-26-20-11-6-14-4-2-3-5-18(14)19(20)12-15(13-23)21(25)24-17-9-7-16(22)8-10-17/h2-12H,1H3,(H,24,25)/b15-12+. The van der Waals surface area contributed by atoms with Crippen LogP contribution in [0.3, 0.4) is 0 Å². The molecule has 1 N–H and O–H groups in total. The Morgan fingerprint density at radius 3 is 2.54 bits per heavy atom. The van der Waals surface area contributed by atoms with Gasteiger partial charge in [-0.15, -0.1) is 0 Å². The van der Waals surface area contributed by atoms with E-state index in [0.29, 0.717) is 17.0 Å². The number of carbonyl (C=O) groups excluding carboxylic acids is 1. The summed E-state index contributed by atoms with van der Waals surface area (Å²) < 4.78 is 18.4. The quantitative estimate of drug-likeness (QED) is 0.557. The van der Waals surface area contributed by atoms with Crippen molar-refractivity contribution in [1.29, 1.82) is 5.26 Å². The molecule has 1 amide bonds. The molecule has 0 radical (unpaired) electrons. The highest BCUT2D eigenvalue weighted by atomic mass is 19.1. The van der Waals surface area contributed by atoms with Gasteiger partial charge in [0.2, 0.25) is 0 Å². The molecule has 4 nitrogen and oxygen atoms in total. The summed E-state index contributed by atoms with van der Waals surface area (Å²) in [6, 6.07) is 18.6. The molecule has 26 heavy (non-hydrogen) atoms. The summed E-state index contributed by atoms with van der Waals surface area (Å²) in [5.74, 6) is -0.417. The summed E-state index contributed by atoms with van der Waals surface area (Å²) in [4.78, 5) is 12.4. The SMILES string of the molecule is COc1ccc2ccccc2c1/C=C(\C#N)C(=O)Nc1ccc(F)cc1. The average molecular weight is 346 g/mol. The number of nitrogens with zero attached hydrogens (tertiary/aromatic N) is 1. The molecule has 0 heterocycles. The Morgan fingerprint density at radius 2 is 1.85 bits per heavy atom. The van der Waals surface area contributed by atoms with Crippen molar-refractivity contribution in [3.63, 3.8) is 0 Å². The van der Waals surface area contributed by atoms with Crippen molar-refractivity contribution in [3.8, 4) is 11.8 Å². The molecule has 3 rings (SSSR count). The van der Waals surface area contributed by atoms with Crippen molar-refractivity contribution in [2.24, 2.45) is 0 Å². The topological polar surface area (TPSA) is 62.1 Å². The summed E-state index contributed by atoms with van der Waals surface area (Å²) in [5.41, 5.74) is 0.975. The highest BCUT2D eigenvalue weighted by Gasteiger charge is 2.13. The van der Waals surface area contributed by atoms with E-state index in [0.717, 1.165) is 10.8 Å². The molecule has 5 heteroatoms. The zero-order valence-corrected chi connectivity index (χ0v) is 14.0. The third-order valence-corrected chi connectivity index (χ3v) is 3.91. The number of nitrogens with one attached hydrogen (secondary N) is 1. The number of fused-ring (bicyclic) bond motifs is 1. The molecule has 0 bridgehead atoms. The molecular formula is C21H15FN2O2. The van der Waals surface area contributed by atoms with Crippen LogP contribution in [0, 0.1) is 17.1 Å². The molecule has 0 saturated carbocycles. The second kappa shape index (κ2) is 7.49. The average Bonchev–Trinajstić information content (AvgIpc) is 2.67. The van der Waals surface area contributed by atoms with E-state index in [2.05, 4.69) is 5.32 Å². The lowest BCUT2D eigenvalue weighted by Crippen LogP contribution is -2.13. The normalized spacial score (nSPS) is 11.0. The fourth-order valence-electron chi connectivity index (χ4n) is 2.63. The number of nitriles is 1. The van der Waals surface area contributed by atoms with Gasteiger partial charge in [-0.25, -0.2) is 4.39 Å². The molecule has 128 valence electrons. The van der Waals surface area contributed by atoms with E-state index in [1.165, 1.54) is 37.5 Å². The molecule has 3 aromatic rings. The van der Waals surface area contributed by atoms with Crippen LogP contribution in [0.4, 0.5) is 10.1 Å². The van der Waals surface area contributed by atoms with Crippen molar-refractivity contribution >= 4 is 28.4 Å². The molecule has 0 aromatic heterocycles. The first-order valence-corrected chi connectivity index (χ1v) is 7.87. The number of ether oxygens (including phenoxy) is 1. The second-order valence-electron chi connectivity index (χ2n) is 5.53. The lowest BCUT2D eigenvalue weighted by molar-refractivity contribution is -0.112. The van der Waals surface area contributed by atoms with E-state index < -0.39 is 11.7 Å². The number of halogens is 1. The maximum absolute atomic E-state index is 13.0. The van der Waals surface area contributed by atoms with Crippen molar-refractivity contribution in [2.45, 2.75) is 0 Å². The summed E-state index contributed by atoms with van der Waals surface area (Å²) in [7, 11) is 1.53. The number of rotatable bonds is 4. The van der Waals surface area contributed by atoms with Crippen molar-refractivity contribution in [2.75, 3.05) is 12.4 Å². The number of amides is 1. The predicted molar refractivity (Wildman–Crippen MR) is 99.1 cm³/mol. The van der Waals surface area contributed by atoms with Crippen LogP contribution in [0.1, 0.15) is 5.56 Å². The molecule has 0 aliphatic heterocycles. The monoisotopic (exact) mass is 346 g/mol. The van der Waals surface area contributed by atoms with Crippen LogP contribution in [-0.2, 0) is 4.79 Å². The first-order chi connectivity index (χ1) is 12.6. The minimum atomic E-state index is -0.575. The van der Waals surface area contributed by atoms with E-state index in [4.69, 9.17) is 4.74 Å². The molecule has 0 spiro atoms. The third-order valence-electron chi connectivity index (χ3n) is 3.91. The van der Waals surface area contributed by atoms with Gasteiger partial charge in [0.15, 0.2) is 0 Å². The molecule has 0 aliphatic rings. The molecule has 3 aromatic carbocycles. The van der Waals surface area contributed by atoms with Gasteiger partial charge in [-0.2, -0.15) is 5.26 Å². The van der Waals surface area contributed by atoms with E-state index in [1.807, 2.05) is 36.4 Å². The van der Waals surface area contributed by atoms with E-state index in [1.54, 1.807) is 6.07 Å². The van der Waals surface area contributed by atoms with Gasteiger partial charge < -0.3 is 10.1 Å². The highest BCUT2D eigenvalue weighted by molar-refractivity contribution is 6.11. The maximum atomic E-state index is 13.0. The summed E-state index contributed by atoms with van der Waals surface area (Å²) >= 11 is 0. The Balaban J connectivity index is 2.01. The smallest absolute Gasteiger partial charge is 0.266 e. The Bertz CT molecular complexity index is 1030. The Kier molecular flexibility index (Phi) is 4.95. The Hall–Kier alpha value is -3.65. The van der Waals surface area contributed by atoms with Crippen LogP contribution in [0.2, 0.25) is 0 Å². The lowest BCUT2D eigenvalue weighted by Gasteiger charge is -2.10. The summed E-state index contributed by atoms with van der Waals surface area (Å²) in [6.45, 7) is 0. The largest absolute Gasteiger partial charge is 0.496 e. The van der Waals surface area contributed by atoms with Crippen LogP contribution >= 0.6 is 0 Å². The molecule has 0 fully saturated rings. The number of hydrogen-bond donors (Lipinski definition) is 1. The van der Waals surface area contributed by atoms with E-state index in [9.17, 15) is 14.4 Å². The summed E-state index contributed by atoms with van der Waals surface area (Å²) in [6.07, 6.45) is 1.50. The Morgan fingerprint density at radius 1 is 1.12 bits per heavy atom. The van der Waals surface area contributed by atoms with Crippen LogP contribution in [0.5, 0.6) is 5.75 Å². The van der Waals surface area contributed by atoms with Crippen LogP contribution < -0.4 is 10.1 Å².